The third kappa shape index (κ3) is 5.17. The molecular weight excluding hydrogens is 258 g/mol. The molecule has 0 spiro atoms. The van der Waals surface area contributed by atoms with Gasteiger partial charge >= 0.3 is 0 Å². The Morgan fingerprint density at radius 1 is 1.21 bits per heavy atom. The molecule has 2 N–H and O–H groups in total. The lowest BCUT2D eigenvalue weighted by Gasteiger charge is -2.08. The maximum Gasteiger partial charge on any atom is 0.238 e. The van der Waals surface area contributed by atoms with Gasteiger partial charge in [-0.05, 0) is 37.0 Å². The molecule has 0 radical (unpaired) electrons. The van der Waals surface area contributed by atoms with Crippen molar-refractivity contribution in [2.45, 2.75) is 50.8 Å². The van der Waals surface area contributed by atoms with E-state index in [1.165, 1.54) is 19.3 Å². The Morgan fingerprint density at radius 2 is 1.89 bits per heavy atom. The maximum atomic E-state index is 11.5. The highest BCUT2D eigenvalue weighted by molar-refractivity contribution is 7.89. The second-order valence-electron chi connectivity index (χ2n) is 4.78. The van der Waals surface area contributed by atoms with E-state index in [-0.39, 0.29) is 4.90 Å². The van der Waals surface area contributed by atoms with Crippen molar-refractivity contribution in [2.75, 3.05) is 0 Å². The van der Waals surface area contributed by atoms with Crippen LogP contribution in [0.25, 0.3) is 5.57 Å². The maximum absolute atomic E-state index is 11.5. The van der Waals surface area contributed by atoms with Crippen molar-refractivity contribution < 1.29 is 8.42 Å². The van der Waals surface area contributed by atoms with Gasteiger partial charge in [-0.15, -0.1) is 0 Å². The highest BCUT2D eigenvalue weighted by Crippen LogP contribution is 2.22. The van der Waals surface area contributed by atoms with Gasteiger partial charge in [-0.1, -0.05) is 50.5 Å². The Hall–Kier alpha value is -1.13. The van der Waals surface area contributed by atoms with Gasteiger partial charge in [0, 0.05) is 0 Å². The smallest absolute Gasteiger partial charge is 0.225 e. The summed E-state index contributed by atoms with van der Waals surface area (Å²) in [7, 11) is -3.66. The van der Waals surface area contributed by atoms with Crippen molar-refractivity contribution in [3.8, 4) is 0 Å². The molecule has 0 atom stereocenters. The molecule has 0 aromatic heterocycles. The molecule has 0 amide bonds. The Morgan fingerprint density at radius 3 is 2.53 bits per heavy atom. The van der Waals surface area contributed by atoms with Crippen LogP contribution in [0.2, 0.25) is 0 Å². The second-order valence-corrected chi connectivity index (χ2v) is 6.31. The largest absolute Gasteiger partial charge is 0.238 e. The highest BCUT2D eigenvalue weighted by Gasteiger charge is 2.13. The van der Waals surface area contributed by atoms with Gasteiger partial charge in [-0.25, -0.2) is 13.6 Å². The first-order chi connectivity index (χ1) is 8.96. The Labute approximate surface area is 116 Å². The Balaban J connectivity index is 2.82. The topological polar surface area (TPSA) is 60.2 Å². The highest BCUT2D eigenvalue weighted by atomic mass is 32.2. The number of allylic oxidation sites excluding steroid dienone is 2. The van der Waals surface area contributed by atoms with Crippen LogP contribution in [-0.4, -0.2) is 8.42 Å². The average Bonchev–Trinajstić information content (AvgIpc) is 2.37. The van der Waals surface area contributed by atoms with E-state index in [0.29, 0.717) is 5.56 Å². The number of benzene rings is 1. The Bertz CT molecular complexity index is 533. The van der Waals surface area contributed by atoms with Gasteiger partial charge in [-0.3, -0.25) is 0 Å². The normalized spacial score (nSPS) is 12.7. The van der Waals surface area contributed by atoms with E-state index in [9.17, 15) is 8.42 Å². The summed E-state index contributed by atoms with van der Waals surface area (Å²) in [6.45, 7) is 4.12. The third-order valence-electron chi connectivity index (χ3n) is 3.13. The van der Waals surface area contributed by atoms with E-state index >= 15 is 0 Å². The van der Waals surface area contributed by atoms with Gasteiger partial charge < -0.3 is 0 Å². The predicted molar refractivity (Wildman–Crippen MR) is 80.2 cm³/mol. The van der Waals surface area contributed by atoms with Crippen LogP contribution in [0.1, 0.15) is 51.5 Å². The number of nitrogens with two attached hydrogens (primary N) is 1. The lowest BCUT2D eigenvalue weighted by molar-refractivity contribution is 0.597. The Kier molecular flexibility index (Phi) is 6.25. The fourth-order valence-electron chi connectivity index (χ4n) is 2.04. The van der Waals surface area contributed by atoms with Crippen LogP contribution in [0.3, 0.4) is 0 Å². The quantitative estimate of drug-likeness (QED) is 0.774. The van der Waals surface area contributed by atoms with Gasteiger partial charge in [0.05, 0.1) is 4.90 Å². The van der Waals surface area contributed by atoms with E-state index in [1.807, 2.05) is 13.0 Å². The van der Waals surface area contributed by atoms with Gasteiger partial charge in [0.2, 0.25) is 10.0 Å². The zero-order valence-corrected chi connectivity index (χ0v) is 12.5. The van der Waals surface area contributed by atoms with Crippen molar-refractivity contribution in [1.29, 1.82) is 0 Å². The monoisotopic (exact) mass is 281 g/mol. The molecule has 0 aliphatic heterocycles. The number of hydrogen-bond donors (Lipinski definition) is 1. The molecule has 0 aliphatic rings. The molecular formula is C15H23NO2S. The molecule has 1 aromatic rings. The van der Waals surface area contributed by atoms with Crippen molar-refractivity contribution >= 4 is 15.6 Å². The fraction of sp³-hybridized carbons (Fsp3) is 0.467. The predicted octanol–water partition coefficient (Wildman–Crippen LogP) is 3.71. The minimum absolute atomic E-state index is 0.206. The lowest BCUT2D eigenvalue weighted by Crippen LogP contribution is -2.14. The van der Waals surface area contributed by atoms with E-state index in [0.717, 1.165) is 18.4 Å². The molecule has 0 saturated heterocycles. The zero-order valence-electron chi connectivity index (χ0n) is 11.7. The summed E-state index contributed by atoms with van der Waals surface area (Å²) in [5.74, 6) is 0. The second kappa shape index (κ2) is 7.46. The molecule has 0 fully saturated rings. The summed E-state index contributed by atoms with van der Waals surface area (Å²) in [5, 5.41) is 5.23. The summed E-state index contributed by atoms with van der Waals surface area (Å²) in [6, 6.07) is 6.88. The lowest BCUT2D eigenvalue weighted by atomic mass is 10.0. The van der Waals surface area contributed by atoms with Gasteiger partial charge in [0.25, 0.3) is 0 Å². The number of primary sulfonamides is 1. The number of hydrogen-bond acceptors (Lipinski definition) is 2. The van der Waals surface area contributed by atoms with Crippen LogP contribution in [-0.2, 0) is 10.0 Å². The molecule has 1 aromatic carbocycles. The number of rotatable bonds is 7. The fourth-order valence-corrected chi connectivity index (χ4v) is 2.84. The molecule has 3 nitrogen and oxygen atoms in total. The molecule has 0 heterocycles. The summed E-state index contributed by atoms with van der Waals surface area (Å²) in [5.41, 5.74) is 1.68. The first kappa shape index (κ1) is 15.9. The molecule has 0 unspecified atom stereocenters. The molecule has 106 valence electrons. The SMILES string of the molecule is CCCCCCC=C(C)c1ccccc1S(N)(=O)=O. The summed E-state index contributed by atoms with van der Waals surface area (Å²) >= 11 is 0. The zero-order chi connectivity index (χ0) is 14.3. The minimum Gasteiger partial charge on any atom is -0.225 e. The first-order valence-electron chi connectivity index (χ1n) is 6.75. The number of unbranched alkanes of at least 4 members (excludes halogenated alkanes) is 4. The van der Waals surface area contributed by atoms with Crippen LogP contribution < -0.4 is 5.14 Å². The number of sulfonamides is 1. The standard InChI is InChI=1S/C15H23NO2S/c1-3-4-5-6-7-10-13(2)14-11-8-9-12-15(14)19(16,17)18/h8-12H,3-7H2,1-2H3,(H2,16,17,18). The van der Waals surface area contributed by atoms with E-state index in [4.69, 9.17) is 5.14 Å². The molecule has 0 saturated carbocycles. The van der Waals surface area contributed by atoms with E-state index in [1.54, 1.807) is 18.2 Å². The summed E-state index contributed by atoms with van der Waals surface area (Å²) < 4.78 is 23.0. The molecule has 1 rings (SSSR count). The third-order valence-corrected chi connectivity index (χ3v) is 4.10. The van der Waals surface area contributed by atoms with Crippen LogP contribution in [0, 0.1) is 0 Å². The van der Waals surface area contributed by atoms with Crippen LogP contribution >= 0.6 is 0 Å². The van der Waals surface area contributed by atoms with Crippen molar-refractivity contribution in [3.63, 3.8) is 0 Å². The van der Waals surface area contributed by atoms with Crippen molar-refractivity contribution in [3.05, 3.63) is 35.9 Å². The van der Waals surface area contributed by atoms with Crippen molar-refractivity contribution in [1.82, 2.24) is 0 Å². The van der Waals surface area contributed by atoms with Gasteiger partial charge in [0.15, 0.2) is 0 Å². The summed E-state index contributed by atoms with van der Waals surface area (Å²) in [6.07, 6.45) is 7.90. The van der Waals surface area contributed by atoms with Crippen LogP contribution in [0.15, 0.2) is 35.2 Å². The molecule has 19 heavy (non-hydrogen) atoms. The van der Waals surface area contributed by atoms with Crippen molar-refractivity contribution in [2.24, 2.45) is 5.14 Å². The van der Waals surface area contributed by atoms with Crippen LogP contribution in [0.5, 0.6) is 0 Å². The minimum atomic E-state index is -3.66. The van der Waals surface area contributed by atoms with Gasteiger partial charge in [0.1, 0.15) is 0 Å². The molecule has 4 heteroatoms. The van der Waals surface area contributed by atoms with Gasteiger partial charge in [-0.2, -0.15) is 0 Å². The first-order valence-corrected chi connectivity index (χ1v) is 8.30. The summed E-state index contributed by atoms with van der Waals surface area (Å²) in [4.78, 5) is 0.206. The molecule has 0 aliphatic carbocycles. The van der Waals surface area contributed by atoms with E-state index < -0.39 is 10.0 Å². The van der Waals surface area contributed by atoms with Crippen LogP contribution in [0.4, 0.5) is 0 Å². The van der Waals surface area contributed by atoms with E-state index in [2.05, 4.69) is 13.0 Å². The molecule has 0 bridgehead atoms. The average molecular weight is 281 g/mol.